The molecule has 20 heavy (non-hydrogen) atoms. The van der Waals surface area contributed by atoms with Crippen LogP contribution >= 0.6 is 11.6 Å². The van der Waals surface area contributed by atoms with Gasteiger partial charge < -0.3 is 5.32 Å². The van der Waals surface area contributed by atoms with E-state index in [9.17, 15) is 4.39 Å². The first-order chi connectivity index (χ1) is 9.58. The number of benzene rings is 1. The number of rotatable bonds is 5. The summed E-state index contributed by atoms with van der Waals surface area (Å²) < 4.78 is 13.7. The van der Waals surface area contributed by atoms with Gasteiger partial charge in [0, 0.05) is 32.2 Å². The molecule has 1 aliphatic rings. The minimum atomic E-state index is -0.311. The summed E-state index contributed by atoms with van der Waals surface area (Å²) in [7, 11) is 0. The molecule has 1 aromatic carbocycles. The third-order valence-corrected chi connectivity index (χ3v) is 4.24. The summed E-state index contributed by atoms with van der Waals surface area (Å²) in [6.45, 7) is 8.52. The van der Waals surface area contributed by atoms with Crippen molar-refractivity contribution in [2.45, 2.75) is 32.7 Å². The fourth-order valence-electron chi connectivity index (χ4n) is 2.76. The second kappa shape index (κ2) is 7.39. The van der Waals surface area contributed by atoms with Gasteiger partial charge in [0.25, 0.3) is 0 Å². The normalized spacial score (nSPS) is 18.4. The maximum atomic E-state index is 13.7. The van der Waals surface area contributed by atoms with Crippen molar-refractivity contribution in [3.63, 3.8) is 0 Å². The van der Waals surface area contributed by atoms with Gasteiger partial charge in [-0.15, -0.1) is 0 Å². The fourth-order valence-corrected chi connectivity index (χ4v) is 2.88. The first-order valence-electron chi connectivity index (χ1n) is 7.47. The van der Waals surface area contributed by atoms with Crippen LogP contribution in [0.25, 0.3) is 0 Å². The van der Waals surface area contributed by atoms with Gasteiger partial charge in [0.1, 0.15) is 5.82 Å². The van der Waals surface area contributed by atoms with Gasteiger partial charge in [-0.05, 0) is 36.5 Å². The number of piperazine rings is 1. The molecule has 0 spiro atoms. The molecule has 0 bridgehead atoms. The molecule has 0 amide bonds. The Hall–Kier alpha value is -0.640. The van der Waals surface area contributed by atoms with Crippen molar-refractivity contribution < 1.29 is 4.39 Å². The minimum absolute atomic E-state index is 0.205. The largest absolute Gasteiger partial charge is 0.314 e. The number of hydrogen-bond acceptors (Lipinski definition) is 2. The molecular formula is C16H24ClFN2. The highest BCUT2D eigenvalue weighted by molar-refractivity contribution is 6.30. The quantitative estimate of drug-likeness (QED) is 0.888. The highest BCUT2D eigenvalue weighted by Gasteiger charge is 2.22. The fraction of sp³-hybridized carbons (Fsp3) is 0.625. The lowest BCUT2D eigenvalue weighted by Gasteiger charge is -2.35. The lowest BCUT2D eigenvalue weighted by molar-refractivity contribution is 0.159. The maximum absolute atomic E-state index is 13.7. The highest BCUT2D eigenvalue weighted by atomic mass is 35.5. The van der Waals surface area contributed by atoms with Crippen LogP contribution in [-0.4, -0.2) is 31.1 Å². The zero-order valence-corrected chi connectivity index (χ0v) is 13.1. The Morgan fingerprint density at radius 3 is 2.55 bits per heavy atom. The van der Waals surface area contributed by atoms with Gasteiger partial charge in [-0.2, -0.15) is 0 Å². The zero-order chi connectivity index (χ0) is 14.5. The molecule has 0 saturated carbocycles. The summed E-state index contributed by atoms with van der Waals surface area (Å²) in [5.74, 6) is 0.353. The van der Waals surface area contributed by atoms with Crippen LogP contribution in [0.1, 0.15) is 38.3 Å². The average molecular weight is 299 g/mol. The maximum Gasteiger partial charge on any atom is 0.142 e. The van der Waals surface area contributed by atoms with Crippen LogP contribution in [-0.2, 0) is 0 Å². The van der Waals surface area contributed by atoms with Crippen molar-refractivity contribution in [2.24, 2.45) is 5.92 Å². The summed E-state index contributed by atoms with van der Waals surface area (Å²) in [5.41, 5.74) is 1.05. The Labute approximate surface area is 126 Å². The van der Waals surface area contributed by atoms with Crippen molar-refractivity contribution in [1.82, 2.24) is 10.2 Å². The molecule has 1 saturated heterocycles. The molecule has 1 aliphatic heterocycles. The van der Waals surface area contributed by atoms with Crippen LogP contribution in [0, 0.1) is 11.7 Å². The summed E-state index contributed by atoms with van der Waals surface area (Å²) in [6.07, 6.45) is 2.22. The third kappa shape index (κ3) is 4.18. The van der Waals surface area contributed by atoms with Gasteiger partial charge in [0.15, 0.2) is 0 Å². The van der Waals surface area contributed by atoms with Gasteiger partial charge >= 0.3 is 0 Å². The summed E-state index contributed by atoms with van der Waals surface area (Å²) >= 11 is 5.80. The van der Waals surface area contributed by atoms with Crippen molar-refractivity contribution in [3.05, 3.63) is 34.6 Å². The Balaban J connectivity index is 2.17. The molecule has 4 heteroatoms. The first-order valence-corrected chi connectivity index (χ1v) is 7.85. The Morgan fingerprint density at radius 2 is 1.95 bits per heavy atom. The van der Waals surface area contributed by atoms with E-state index in [-0.39, 0.29) is 10.8 Å². The molecule has 0 radical (unpaired) electrons. The molecule has 0 aliphatic carbocycles. The minimum Gasteiger partial charge on any atom is -0.314 e. The second-order valence-corrected chi connectivity index (χ2v) is 6.35. The van der Waals surface area contributed by atoms with Crippen molar-refractivity contribution in [3.8, 4) is 0 Å². The molecule has 1 aromatic rings. The molecule has 1 atom stereocenters. The van der Waals surface area contributed by atoms with Crippen LogP contribution in [0.4, 0.5) is 4.39 Å². The number of nitrogens with one attached hydrogen (secondary N) is 1. The van der Waals surface area contributed by atoms with Gasteiger partial charge in [-0.1, -0.05) is 31.5 Å². The molecule has 1 fully saturated rings. The van der Waals surface area contributed by atoms with E-state index in [0.717, 1.165) is 44.6 Å². The van der Waals surface area contributed by atoms with Gasteiger partial charge in [-0.25, -0.2) is 4.39 Å². The number of halogens is 2. The molecule has 0 unspecified atom stereocenters. The molecule has 2 rings (SSSR count). The number of nitrogens with zero attached hydrogens (tertiary/aromatic N) is 1. The standard InChI is InChI=1S/C16H24ClFN2/c1-12(2)3-6-16(20-9-7-19-8-10-20)13-4-5-14(17)15(18)11-13/h4-5,11-12,16,19H,3,6-10H2,1-2H3/t16-/m0/s1. The lowest BCUT2D eigenvalue weighted by Crippen LogP contribution is -2.45. The molecule has 112 valence electrons. The van der Waals surface area contributed by atoms with Crippen LogP contribution < -0.4 is 5.32 Å². The van der Waals surface area contributed by atoms with E-state index in [1.807, 2.05) is 6.07 Å². The predicted molar refractivity (Wildman–Crippen MR) is 82.7 cm³/mol. The summed E-state index contributed by atoms with van der Waals surface area (Å²) in [4.78, 5) is 2.46. The molecule has 2 nitrogen and oxygen atoms in total. The molecule has 1 heterocycles. The van der Waals surface area contributed by atoms with E-state index in [1.54, 1.807) is 12.1 Å². The van der Waals surface area contributed by atoms with Gasteiger partial charge in [0.2, 0.25) is 0 Å². The van der Waals surface area contributed by atoms with Crippen molar-refractivity contribution in [1.29, 1.82) is 0 Å². The van der Waals surface area contributed by atoms with Crippen LogP contribution in [0.2, 0.25) is 5.02 Å². The van der Waals surface area contributed by atoms with Gasteiger partial charge in [0.05, 0.1) is 5.02 Å². The van der Waals surface area contributed by atoms with E-state index < -0.39 is 0 Å². The topological polar surface area (TPSA) is 15.3 Å². The molecule has 0 aromatic heterocycles. The summed E-state index contributed by atoms with van der Waals surface area (Å²) in [6, 6.07) is 5.55. The molecular weight excluding hydrogens is 275 g/mol. The SMILES string of the molecule is CC(C)CC[C@@H](c1ccc(Cl)c(F)c1)N1CCNCC1. The van der Waals surface area contributed by atoms with Crippen LogP contribution in [0.5, 0.6) is 0 Å². The van der Waals surface area contributed by atoms with E-state index in [2.05, 4.69) is 24.1 Å². The zero-order valence-electron chi connectivity index (χ0n) is 12.3. The Kier molecular flexibility index (Phi) is 5.82. The predicted octanol–water partition coefficient (Wildman–Crippen LogP) is 3.86. The number of hydrogen-bond donors (Lipinski definition) is 1. The smallest absolute Gasteiger partial charge is 0.142 e. The average Bonchev–Trinajstić information content (AvgIpc) is 2.44. The van der Waals surface area contributed by atoms with E-state index in [1.165, 1.54) is 0 Å². The summed E-state index contributed by atoms with van der Waals surface area (Å²) in [5, 5.41) is 3.57. The third-order valence-electron chi connectivity index (χ3n) is 3.94. The Morgan fingerprint density at radius 1 is 1.25 bits per heavy atom. The highest BCUT2D eigenvalue weighted by Crippen LogP contribution is 2.29. The van der Waals surface area contributed by atoms with Crippen molar-refractivity contribution >= 4 is 11.6 Å². The second-order valence-electron chi connectivity index (χ2n) is 5.95. The first kappa shape index (κ1) is 15.7. The molecule has 1 N–H and O–H groups in total. The Bertz CT molecular complexity index is 430. The van der Waals surface area contributed by atoms with Crippen LogP contribution in [0.3, 0.4) is 0 Å². The van der Waals surface area contributed by atoms with Crippen LogP contribution in [0.15, 0.2) is 18.2 Å². The van der Waals surface area contributed by atoms with E-state index >= 15 is 0 Å². The van der Waals surface area contributed by atoms with Crippen molar-refractivity contribution in [2.75, 3.05) is 26.2 Å². The lowest BCUT2D eigenvalue weighted by atomic mass is 9.95. The monoisotopic (exact) mass is 298 g/mol. The van der Waals surface area contributed by atoms with Gasteiger partial charge in [-0.3, -0.25) is 4.90 Å². The van der Waals surface area contributed by atoms with E-state index in [0.29, 0.717) is 12.0 Å². The van der Waals surface area contributed by atoms with E-state index in [4.69, 9.17) is 11.6 Å².